The predicted molar refractivity (Wildman–Crippen MR) is 97.9 cm³/mol. The molecule has 1 aromatic carbocycles. The van der Waals surface area contributed by atoms with Gasteiger partial charge in [-0.15, -0.1) is 11.8 Å². The number of carboxylic acid groups (broad SMARTS) is 1. The molecule has 0 spiro atoms. The smallest absolute Gasteiger partial charge is 0.306 e. The predicted octanol–water partition coefficient (Wildman–Crippen LogP) is 3.70. The second-order valence-electron chi connectivity index (χ2n) is 6.86. The number of carbonyl (C=O) groups is 2. The molecule has 1 unspecified atom stereocenters. The molecule has 2 N–H and O–H groups in total. The fraction of sp³-hybridized carbons (Fsp3) is 0.579. The summed E-state index contributed by atoms with van der Waals surface area (Å²) in [5.74, 6) is 0.214. The van der Waals surface area contributed by atoms with E-state index in [1.807, 2.05) is 18.2 Å². The Balaban J connectivity index is 1.84. The monoisotopic (exact) mass is 349 g/mol. The Bertz CT molecular complexity index is 539. The first-order valence-corrected chi connectivity index (χ1v) is 9.71. The summed E-state index contributed by atoms with van der Waals surface area (Å²) in [5, 5.41) is 12.1. The van der Waals surface area contributed by atoms with Gasteiger partial charge in [-0.3, -0.25) is 9.59 Å². The van der Waals surface area contributed by atoms with Crippen LogP contribution in [0.4, 0.5) is 0 Å². The first kappa shape index (κ1) is 18.8. The molecule has 1 atom stereocenters. The topological polar surface area (TPSA) is 66.4 Å². The lowest BCUT2D eigenvalue weighted by Gasteiger charge is -2.29. The second kappa shape index (κ2) is 9.11. The quantitative estimate of drug-likeness (QED) is 0.787. The lowest BCUT2D eigenvalue weighted by molar-refractivity contribution is -0.142. The first-order chi connectivity index (χ1) is 11.5. The maximum absolute atomic E-state index is 12.6. The van der Waals surface area contributed by atoms with Gasteiger partial charge in [0.1, 0.15) is 0 Å². The van der Waals surface area contributed by atoms with Crippen molar-refractivity contribution in [2.75, 3.05) is 0 Å². The third-order valence-electron chi connectivity index (χ3n) is 4.56. The maximum atomic E-state index is 12.6. The van der Waals surface area contributed by atoms with Gasteiger partial charge in [-0.1, -0.05) is 44.2 Å². The Labute approximate surface area is 148 Å². The molecular formula is C19H27NO3S. The van der Waals surface area contributed by atoms with Crippen molar-refractivity contribution in [2.24, 2.45) is 11.8 Å². The van der Waals surface area contributed by atoms with Gasteiger partial charge in [0.05, 0.1) is 11.2 Å². The largest absolute Gasteiger partial charge is 0.481 e. The molecule has 1 fully saturated rings. The molecule has 24 heavy (non-hydrogen) atoms. The highest BCUT2D eigenvalue weighted by atomic mass is 32.2. The summed E-state index contributed by atoms with van der Waals surface area (Å²) in [6.07, 6.45) is 2.83. The van der Waals surface area contributed by atoms with E-state index in [-0.39, 0.29) is 29.0 Å². The molecule has 1 saturated carbocycles. The van der Waals surface area contributed by atoms with E-state index in [0.29, 0.717) is 12.8 Å². The Kier molecular flexibility index (Phi) is 7.16. The molecule has 5 heteroatoms. The molecule has 0 bridgehead atoms. The first-order valence-electron chi connectivity index (χ1n) is 8.66. The third kappa shape index (κ3) is 5.55. The number of rotatable bonds is 7. The molecule has 1 aromatic rings. The number of hydrogen-bond acceptors (Lipinski definition) is 3. The van der Waals surface area contributed by atoms with Crippen LogP contribution in [0.5, 0.6) is 0 Å². The number of benzene rings is 1. The average Bonchev–Trinajstić information content (AvgIpc) is 2.56. The van der Waals surface area contributed by atoms with Crippen molar-refractivity contribution in [1.29, 1.82) is 0 Å². The Morgan fingerprint density at radius 1 is 1.17 bits per heavy atom. The van der Waals surface area contributed by atoms with Crippen LogP contribution in [0.15, 0.2) is 30.3 Å². The van der Waals surface area contributed by atoms with E-state index >= 15 is 0 Å². The van der Waals surface area contributed by atoms with Crippen molar-refractivity contribution >= 4 is 23.6 Å². The fourth-order valence-electron chi connectivity index (χ4n) is 3.10. The zero-order valence-electron chi connectivity index (χ0n) is 14.4. The minimum Gasteiger partial charge on any atom is -0.481 e. The van der Waals surface area contributed by atoms with Gasteiger partial charge in [0.25, 0.3) is 0 Å². The summed E-state index contributed by atoms with van der Waals surface area (Å²) in [6.45, 7) is 4.15. The number of aliphatic carboxylic acids is 1. The van der Waals surface area contributed by atoms with Crippen molar-refractivity contribution < 1.29 is 14.7 Å². The molecule has 0 radical (unpaired) electrons. The standard InChI is InChI=1S/C19H27NO3S/c1-13(2)17(24-12-14-6-4-3-5-7-14)18(21)20-16-10-8-15(9-11-16)19(22)23/h3-7,13,15-17H,8-12H2,1-2H3,(H,20,21)(H,22,23). The molecule has 0 aliphatic heterocycles. The van der Waals surface area contributed by atoms with Gasteiger partial charge in [0.2, 0.25) is 5.91 Å². The zero-order valence-corrected chi connectivity index (χ0v) is 15.2. The van der Waals surface area contributed by atoms with Gasteiger partial charge in [0, 0.05) is 11.8 Å². The van der Waals surface area contributed by atoms with Gasteiger partial charge in [0.15, 0.2) is 0 Å². The van der Waals surface area contributed by atoms with E-state index in [1.165, 1.54) is 5.56 Å². The zero-order chi connectivity index (χ0) is 17.5. The Morgan fingerprint density at radius 2 is 1.79 bits per heavy atom. The van der Waals surface area contributed by atoms with Gasteiger partial charge in [-0.2, -0.15) is 0 Å². The van der Waals surface area contributed by atoms with Crippen molar-refractivity contribution in [2.45, 2.75) is 56.6 Å². The van der Waals surface area contributed by atoms with Crippen LogP contribution in [0.25, 0.3) is 0 Å². The van der Waals surface area contributed by atoms with Crippen LogP contribution in [0.3, 0.4) is 0 Å². The minimum absolute atomic E-state index is 0.0811. The molecule has 132 valence electrons. The van der Waals surface area contributed by atoms with Crippen LogP contribution < -0.4 is 5.32 Å². The Morgan fingerprint density at radius 3 is 2.33 bits per heavy atom. The van der Waals surface area contributed by atoms with E-state index in [1.54, 1.807) is 11.8 Å². The molecule has 2 rings (SSSR count). The van der Waals surface area contributed by atoms with E-state index < -0.39 is 5.97 Å². The second-order valence-corrected chi connectivity index (χ2v) is 7.99. The molecular weight excluding hydrogens is 322 g/mol. The number of amides is 1. The van der Waals surface area contributed by atoms with E-state index in [9.17, 15) is 9.59 Å². The van der Waals surface area contributed by atoms with E-state index in [2.05, 4.69) is 31.3 Å². The van der Waals surface area contributed by atoms with E-state index in [0.717, 1.165) is 18.6 Å². The third-order valence-corrected chi connectivity index (χ3v) is 6.18. The molecule has 4 nitrogen and oxygen atoms in total. The van der Waals surface area contributed by atoms with Gasteiger partial charge >= 0.3 is 5.97 Å². The van der Waals surface area contributed by atoms with Gasteiger partial charge in [-0.05, 0) is 37.2 Å². The highest BCUT2D eigenvalue weighted by Gasteiger charge is 2.29. The van der Waals surface area contributed by atoms with Crippen LogP contribution in [0, 0.1) is 11.8 Å². The number of carbonyl (C=O) groups excluding carboxylic acids is 1. The normalized spacial score (nSPS) is 22.1. The number of thioether (sulfide) groups is 1. The summed E-state index contributed by atoms with van der Waals surface area (Å²) >= 11 is 1.68. The minimum atomic E-state index is -0.710. The molecule has 1 aliphatic rings. The molecule has 0 heterocycles. The highest BCUT2D eigenvalue weighted by Crippen LogP contribution is 2.27. The summed E-state index contributed by atoms with van der Waals surface area (Å²) in [5.41, 5.74) is 1.22. The summed E-state index contributed by atoms with van der Waals surface area (Å²) < 4.78 is 0. The summed E-state index contributed by atoms with van der Waals surface area (Å²) in [7, 11) is 0. The van der Waals surface area contributed by atoms with Crippen LogP contribution in [0.1, 0.15) is 45.1 Å². The van der Waals surface area contributed by atoms with Crippen LogP contribution in [-0.4, -0.2) is 28.3 Å². The Hall–Kier alpha value is -1.49. The van der Waals surface area contributed by atoms with Crippen LogP contribution >= 0.6 is 11.8 Å². The number of carboxylic acids is 1. The number of hydrogen-bond donors (Lipinski definition) is 2. The van der Waals surface area contributed by atoms with Crippen molar-refractivity contribution in [1.82, 2.24) is 5.32 Å². The van der Waals surface area contributed by atoms with Crippen molar-refractivity contribution in [3.63, 3.8) is 0 Å². The molecule has 0 aromatic heterocycles. The lowest BCUT2D eigenvalue weighted by atomic mass is 9.86. The van der Waals surface area contributed by atoms with Crippen molar-refractivity contribution in [3.8, 4) is 0 Å². The summed E-state index contributed by atoms with van der Waals surface area (Å²) in [4.78, 5) is 23.7. The maximum Gasteiger partial charge on any atom is 0.306 e. The summed E-state index contributed by atoms with van der Waals surface area (Å²) in [6, 6.07) is 10.3. The molecule has 1 aliphatic carbocycles. The van der Waals surface area contributed by atoms with Crippen LogP contribution in [0.2, 0.25) is 0 Å². The molecule has 0 saturated heterocycles. The lowest BCUT2D eigenvalue weighted by Crippen LogP contribution is -2.44. The van der Waals surface area contributed by atoms with E-state index in [4.69, 9.17) is 5.11 Å². The SMILES string of the molecule is CC(C)C(SCc1ccccc1)C(=O)NC1CCC(C(=O)O)CC1. The highest BCUT2D eigenvalue weighted by molar-refractivity contribution is 7.99. The number of nitrogens with one attached hydrogen (secondary N) is 1. The fourth-order valence-corrected chi connectivity index (χ4v) is 4.27. The average molecular weight is 349 g/mol. The van der Waals surface area contributed by atoms with Crippen LogP contribution in [-0.2, 0) is 15.3 Å². The molecule has 1 amide bonds. The van der Waals surface area contributed by atoms with Gasteiger partial charge < -0.3 is 10.4 Å². The van der Waals surface area contributed by atoms with Crippen molar-refractivity contribution in [3.05, 3.63) is 35.9 Å². The van der Waals surface area contributed by atoms with Gasteiger partial charge in [-0.25, -0.2) is 0 Å².